The molecular weight excluding hydrogens is 451 g/mol. The van der Waals surface area contributed by atoms with Crippen molar-refractivity contribution in [1.29, 1.82) is 0 Å². The van der Waals surface area contributed by atoms with Crippen LogP contribution in [0.1, 0.15) is 26.3 Å². The van der Waals surface area contributed by atoms with Crippen LogP contribution in [0, 0.1) is 0 Å². The van der Waals surface area contributed by atoms with Gasteiger partial charge in [0.25, 0.3) is 11.8 Å². The fraction of sp³-hybridized carbons (Fsp3) is 0.0769. The Morgan fingerprint density at radius 1 is 0.909 bits per heavy atom. The van der Waals surface area contributed by atoms with Gasteiger partial charge in [-0.05, 0) is 56.1 Å². The summed E-state index contributed by atoms with van der Waals surface area (Å²) >= 11 is 7.63. The number of anilines is 1. The summed E-state index contributed by atoms with van der Waals surface area (Å²) in [5, 5.41) is 0. The maximum Gasteiger partial charge on any atom is 0.416 e. The van der Waals surface area contributed by atoms with E-state index in [4.69, 9.17) is 0 Å². The van der Waals surface area contributed by atoms with E-state index in [1.165, 1.54) is 11.3 Å². The summed E-state index contributed by atoms with van der Waals surface area (Å²) in [5.41, 5.74) is -0.293. The zero-order chi connectivity index (χ0) is 16.2. The minimum atomic E-state index is -4.47. The molecule has 1 aromatic carbocycles. The maximum absolute atomic E-state index is 12.6. The van der Waals surface area contributed by atoms with E-state index in [0.29, 0.717) is 7.57 Å². The van der Waals surface area contributed by atoms with Crippen molar-refractivity contribution in [2.24, 2.45) is 0 Å². The zero-order valence-electron chi connectivity index (χ0n) is 10.4. The summed E-state index contributed by atoms with van der Waals surface area (Å²) in [4.78, 5) is 25.6. The molecule has 1 aromatic heterocycles. The molecule has 0 aliphatic carbocycles. The molecule has 1 aliphatic rings. The molecule has 0 bridgehead atoms. The van der Waals surface area contributed by atoms with Gasteiger partial charge < -0.3 is 0 Å². The lowest BCUT2D eigenvalue weighted by Gasteiger charge is -2.15. The first-order valence-electron chi connectivity index (χ1n) is 5.75. The fourth-order valence-corrected chi connectivity index (χ4v) is 5.21. The van der Waals surface area contributed by atoms with Gasteiger partial charge in [0.15, 0.2) is 0 Å². The van der Waals surface area contributed by atoms with E-state index >= 15 is 0 Å². The number of thiophene rings is 1. The molecule has 114 valence electrons. The van der Waals surface area contributed by atoms with Crippen LogP contribution in [0.5, 0.6) is 0 Å². The van der Waals surface area contributed by atoms with Crippen LogP contribution < -0.4 is 4.90 Å². The van der Waals surface area contributed by atoms with Gasteiger partial charge in [0.05, 0.1) is 30.0 Å². The summed E-state index contributed by atoms with van der Waals surface area (Å²) < 4.78 is 38.7. The molecule has 0 atom stereocenters. The molecule has 2 heterocycles. The van der Waals surface area contributed by atoms with Gasteiger partial charge in [-0.3, -0.25) is 9.59 Å². The fourth-order valence-electron chi connectivity index (χ4n) is 2.11. The van der Waals surface area contributed by atoms with Crippen LogP contribution in [0.3, 0.4) is 0 Å². The Morgan fingerprint density at radius 3 is 1.77 bits per heavy atom. The van der Waals surface area contributed by atoms with Crippen molar-refractivity contribution in [2.75, 3.05) is 4.90 Å². The second kappa shape index (κ2) is 5.17. The number of fused-ring (bicyclic) bond motifs is 1. The number of carbonyl (C=O) groups is 2. The van der Waals surface area contributed by atoms with Crippen molar-refractivity contribution >= 4 is 60.7 Å². The number of amides is 2. The Balaban J connectivity index is 2.03. The Bertz CT molecular complexity index is 762. The van der Waals surface area contributed by atoms with Gasteiger partial charge in [0, 0.05) is 0 Å². The SMILES string of the molecule is O=C1c2c(Br)sc(Br)c2C(=O)N1c1ccc(C(F)(F)F)cc1. The van der Waals surface area contributed by atoms with Gasteiger partial charge in [0.2, 0.25) is 0 Å². The van der Waals surface area contributed by atoms with Crippen LogP contribution >= 0.6 is 43.2 Å². The lowest BCUT2D eigenvalue weighted by molar-refractivity contribution is -0.137. The quantitative estimate of drug-likeness (QED) is 0.562. The predicted molar refractivity (Wildman–Crippen MR) is 82.3 cm³/mol. The van der Waals surface area contributed by atoms with E-state index in [2.05, 4.69) is 31.9 Å². The summed E-state index contributed by atoms with van der Waals surface area (Å²) in [6.45, 7) is 0. The first kappa shape index (κ1) is 15.7. The number of hydrogen-bond donors (Lipinski definition) is 0. The topological polar surface area (TPSA) is 37.4 Å². The predicted octanol–water partition coefficient (Wildman–Crippen LogP) is 5.09. The van der Waals surface area contributed by atoms with Gasteiger partial charge in [-0.1, -0.05) is 0 Å². The maximum atomic E-state index is 12.6. The molecule has 2 amide bonds. The molecule has 0 unspecified atom stereocenters. The average Bonchev–Trinajstić information content (AvgIpc) is 2.86. The second-order valence-corrected chi connectivity index (χ2v) is 8.05. The Morgan fingerprint density at radius 2 is 1.36 bits per heavy atom. The van der Waals surface area contributed by atoms with E-state index in [-0.39, 0.29) is 16.8 Å². The number of nitrogens with zero attached hydrogens (tertiary/aromatic N) is 1. The third-order valence-corrected chi connectivity index (χ3v) is 5.64. The Hall–Kier alpha value is -1.19. The number of carbonyl (C=O) groups excluding carboxylic acids is 2. The third kappa shape index (κ3) is 2.31. The molecule has 0 saturated heterocycles. The van der Waals surface area contributed by atoms with Crippen LogP contribution in [-0.4, -0.2) is 11.8 Å². The van der Waals surface area contributed by atoms with Crippen LogP contribution in [0.15, 0.2) is 31.8 Å². The normalized spacial score (nSPS) is 14.7. The Labute approximate surface area is 143 Å². The molecular formula is C13H4Br2F3NO2S. The smallest absolute Gasteiger partial charge is 0.268 e. The standard InChI is InChI=1S/C13H4Br2F3NO2S/c14-9-7-8(10(15)22-9)12(21)19(11(7)20)6-3-1-5(2-4-6)13(16,17)18/h1-4H. The van der Waals surface area contributed by atoms with Crippen LogP contribution in [0.2, 0.25) is 0 Å². The molecule has 0 fully saturated rings. The molecule has 3 rings (SSSR count). The summed E-state index contributed by atoms with van der Waals surface area (Å²) in [6.07, 6.45) is -4.47. The molecule has 1 aliphatic heterocycles. The molecule has 3 nitrogen and oxygen atoms in total. The lowest BCUT2D eigenvalue weighted by atomic mass is 10.2. The molecule has 0 spiro atoms. The van der Waals surface area contributed by atoms with E-state index in [1.54, 1.807) is 0 Å². The first-order valence-corrected chi connectivity index (χ1v) is 8.16. The van der Waals surface area contributed by atoms with Gasteiger partial charge in [0.1, 0.15) is 0 Å². The minimum Gasteiger partial charge on any atom is -0.268 e. The monoisotopic (exact) mass is 453 g/mol. The molecule has 0 N–H and O–H groups in total. The lowest BCUT2D eigenvalue weighted by Crippen LogP contribution is -2.29. The third-order valence-electron chi connectivity index (χ3n) is 3.11. The summed E-state index contributed by atoms with van der Waals surface area (Å²) in [7, 11) is 0. The first-order chi connectivity index (χ1) is 10.2. The number of alkyl halides is 3. The number of hydrogen-bond acceptors (Lipinski definition) is 3. The highest BCUT2D eigenvalue weighted by Gasteiger charge is 2.42. The van der Waals surface area contributed by atoms with Gasteiger partial charge >= 0.3 is 6.18 Å². The minimum absolute atomic E-state index is 0.100. The highest BCUT2D eigenvalue weighted by Crippen LogP contribution is 2.43. The second-order valence-electron chi connectivity index (χ2n) is 4.39. The molecule has 0 radical (unpaired) electrons. The average molecular weight is 455 g/mol. The molecule has 0 saturated carbocycles. The van der Waals surface area contributed by atoms with E-state index < -0.39 is 23.6 Å². The van der Waals surface area contributed by atoms with Crippen molar-refractivity contribution in [3.63, 3.8) is 0 Å². The molecule has 2 aromatic rings. The number of imide groups is 1. The van der Waals surface area contributed by atoms with Gasteiger partial charge in [-0.25, -0.2) is 4.90 Å². The number of halogens is 5. The number of rotatable bonds is 1. The van der Waals surface area contributed by atoms with E-state index in [1.807, 2.05) is 0 Å². The van der Waals surface area contributed by atoms with Crippen molar-refractivity contribution < 1.29 is 22.8 Å². The van der Waals surface area contributed by atoms with Crippen LogP contribution in [0.25, 0.3) is 0 Å². The highest BCUT2D eigenvalue weighted by molar-refractivity contribution is 9.12. The summed E-state index contributed by atoms with van der Waals surface area (Å²) in [5.74, 6) is -1.12. The summed E-state index contributed by atoms with van der Waals surface area (Å²) in [6, 6.07) is 3.89. The van der Waals surface area contributed by atoms with Crippen LogP contribution in [-0.2, 0) is 6.18 Å². The van der Waals surface area contributed by atoms with Crippen molar-refractivity contribution in [3.8, 4) is 0 Å². The number of benzene rings is 1. The van der Waals surface area contributed by atoms with Gasteiger partial charge in [-0.15, -0.1) is 11.3 Å². The van der Waals surface area contributed by atoms with E-state index in [0.717, 1.165) is 29.2 Å². The molecule has 22 heavy (non-hydrogen) atoms. The van der Waals surface area contributed by atoms with Crippen LogP contribution in [0.4, 0.5) is 18.9 Å². The van der Waals surface area contributed by atoms with Crippen molar-refractivity contribution in [3.05, 3.63) is 48.5 Å². The van der Waals surface area contributed by atoms with E-state index in [9.17, 15) is 22.8 Å². The van der Waals surface area contributed by atoms with Crippen molar-refractivity contribution in [2.45, 2.75) is 6.18 Å². The Kier molecular flexibility index (Phi) is 3.69. The highest BCUT2D eigenvalue weighted by atomic mass is 79.9. The van der Waals surface area contributed by atoms with Crippen molar-refractivity contribution in [1.82, 2.24) is 0 Å². The largest absolute Gasteiger partial charge is 0.416 e. The zero-order valence-corrected chi connectivity index (χ0v) is 14.4. The molecule has 9 heteroatoms. The van der Waals surface area contributed by atoms with Gasteiger partial charge in [-0.2, -0.15) is 13.2 Å².